The van der Waals surface area contributed by atoms with Crippen molar-refractivity contribution < 1.29 is 4.39 Å². The van der Waals surface area contributed by atoms with Crippen molar-refractivity contribution in [3.05, 3.63) is 80.1 Å². The van der Waals surface area contributed by atoms with E-state index in [1.165, 1.54) is 10.6 Å². The third-order valence-electron chi connectivity index (χ3n) is 3.92. The SMILES string of the molecule is O=c1[nH]c(Cc2ccc(Cl)cc2Cl)cn1Cc1nc2nc(F)ccc2[nH]1. The number of nitrogens with zero attached hydrogens (tertiary/aromatic N) is 3. The normalized spacial score (nSPS) is 11.3. The van der Waals surface area contributed by atoms with E-state index >= 15 is 0 Å². The van der Waals surface area contributed by atoms with E-state index in [-0.39, 0.29) is 17.9 Å². The summed E-state index contributed by atoms with van der Waals surface area (Å²) in [5.74, 6) is -0.0910. The summed E-state index contributed by atoms with van der Waals surface area (Å²) in [6, 6.07) is 8.04. The number of halogens is 3. The number of aromatic amines is 2. The number of hydrogen-bond donors (Lipinski definition) is 2. The molecule has 9 heteroatoms. The summed E-state index contributed by atoms with van der Waals surface area (Å²) < 4.78 is 14.6. The molecule has 0 unspecified atom stereocenters. The van der Waals surface area contributed by atoms with Crippen molar-refractivity contribution in [1.82, 2.24) is 24.5 Å². The van der Waals surface area contributed by atoms with E-state index in [0.29, 0.717) is 33.5 Å². The first-order chi connectivity index (χ1) is 12.5. The third kappa shape index (κ3) is 3.36. The highest BCUT2D eigenvalue weighted by Gasteiger charge is 2.10. The minimum Gasteiger partial charge on any atom is -0.339 e. The van der Waals surface area contributed by atoms with E-state index < -0.39 is 5.95 Å². The van der Waals surface area contributed by atoms with Crippen molar-refractivity contribution in [3.8, 4) is 0 Å². The van der Waals surface area contributed by atoms with Gasteiger partial charge in [-0.05, 0) is 29.8 Å². The lowest BCUT2D eigenvalue weighted by Crippen LogP contribution is -2.17. The van der Waals surface area contributed by atoms with Crippen LogP contribution in [0.3, 0.4) is 0 Å². The molecule has 0 aliphatic rings. The van der Waals surface area contributed by atoms with Gasteiger partial charge in [0.1, 0.15) is 5.82 Å². The number of fused-ring (bicyclic) bond motifs is 1. The summed E-state index contributed by atoms with van der Waals surface area (Å²) in [6.07, 6.45) is 2.17. The molecule has 4 aromatic rings. The molecule has 0 saturated carbocycles. The van der Waals surface area contributed by atoms with Crippen molar-refractivity contribution in [2.24, 2.45) is 0 Å². The van der Waals surface area contributed by atoms with Crippen molar-refractivity contribution in [2.75, 3.05) is 0 Å². The fourth-order valence-electron chi connectivity index (χ4n) is 2.72. The molecule has 1 aromatic carbocycles. The number of imidazole rings is 2. The fourth-order valence-corrected chi connectivity index (χ4v) is 3.20. The Morgan fingerprint density at radius 3 is 2.77 bits per heavy atom. The Kier molecular flexibility index (Phi) is 4.26. The van der Waals surface area contributed by atoms with Crippen LogP contribution in [0.25, 0.3) is 11.2 Å². The van der Waals surface area contributed by atoms with Crippen LogP contribution in [0.1, 0.15) is 17.1 Å². The molecule has 132 valence electrons. The van der Waals surface area contributed by atoms with E-state index in [2.05, 4.69) is 19.9 Å². The lowest BCUT2D eigenvalue weighted by Gasteiger charge is -2.02. The molecule has 0 spiro atoms. The van der Waals surface area contributed by atoms with Crippen LogP contribution in [0.5, 0.6) is 0 Å². The number of H-pyrrole nitrogens is 2. The maximum atomic E-state index is 13.2. The standard InChI is InChI=1S/C17H12Cl2FN5O/c18-10-2-1-9(12(19)6-10)5-11-7-25(17(26)21-11)8-15-22-13-3-4-14(20)23-16(13)24-15/h1-4,6-7H,5,8H2,(H,21,26)(H,22,23,24). The van der Waals surface area contributed by atoms with Crippen LogP contribution in [-0.2, 0) is 13.0 Å². The highest BCUT2D eigenvalue weighted by Crippen LogP contribution is 2.22. The Labute approximate surface area is 156 Å². The Bertz CT molecular complexity index is 1160. The summed E-state index contributed by atoms with van der Waals surface area (Å²) in [5, 5.41) is 1.09. The minimum absolute atomic E-state index is 0.210. The van der Waals surface area contributed by atoms with Crippen LogP contribution < -0.4 is 5.69 Å². The van der Waals surface area contributed by atoms with Gasteiger partial charge in [-0.3, -0.25) is 4.57 Å². The van der Waals surface area contributed by atoms with Crippen LogP contribution in [0.4, 0.5) is 4.39 Å². The second-order valence-electron chi connectivity index (χ2n) is 5.81. The first-order valence-corrected chi connectivity index (χ1v) is 8.47. The molecule has 3 heterocycles. The Morgan fingerprint density at radius 1 is 1.12 bits per heavy atom. The summed E-state index contributed by atoms with van der Waals surface area (Å²) in [5.41, 5.74) is 2.17. The highest BCUT2D eigenvalue weighted by atomic mass is 35.5. The number of nitrogens with one attached hydrogen (secondary N) is 2. The summed E-state index contributed by atoms with van der Waals surface area (Å²) >= 11 is 12.1. The molecule has 0 amide bonds. The molecule has 0 fully saturated rings. The summed E-state index contributed by atoms with van der Waals surface area (Å²) in [7, 11) is 0. The van der Waals surface area contributed by atoms with E-state index in [0.717, 1.165) is 5.56 Å². The van der Waals surface area contributed by atoms with Crippen LogP contribution in [0, 0.1) is 5.95 Å². The Morgan fingerprint density at radius 2 is 1.96 bits per heavy atom. The topological polar surface area (TPSA) is 79.4 Å². The molecule has 6 nitrogen and oxygen atoms in total. The monoisotopic (exact) mass is 391 g/mol. The molecule has 0 saturated heterocycles. The van der Waals surface area contributed by atoms with Crippen LogP contribution in [0.2, 0.25) is 10.0 Å². The van der Waals surface area contributed by atoms with Crippen molar-refractivity contribution in [1.29, 1.82) is 0 Å². The number of rotatable bonds is 4. The van der Waals surface area contributed by atoms with Crippen molar-refractivity contribution in [3.63, 3.8) is 0 Å². The average Bonchev–Trinajstić information content (AvgIpc) is 3.13. The summed E-state index contributed by atoms with van der Waals surface area (Å²) in [4.78, 5) is 25.9. The van der Waals surface area contributed by atoms with Gasteiger partial charge in [0.05, 0.1) is 12.1 Å². The first kappa shape index (κ1) is 16.8. The van der Waals surface area contributed by atoms with Gasteiger partial charge >= 0.3 is 5.69 Å². The summed E-state index contributed by atoms with van der Waals surface area (Å²) in [6.45, 7) is 0.210. The third-order valence-corrected chi connectivity index (χ3v) is 4.50. The van der Waals surface area contributed by atoms with Gasteiger partial charge in [-0.2, -0.15) is 9.37 Å². The number of benzene rings is 1. The van der Waals surface area contributed by atoms with Gasteiger partial charge in [-0.15, -0.1) is 0 Å². The van der Waals surface area contributed by atoms with Gasteiger partial charge in [-0.25, -0.2) is 9.78 Å². The highest BCUT2D eigenvalue weighted by molar-refractivity contribution is 6.35. The van der Waals surface area contributed by atoms with Crippen molar-refractivity contribution in [2.45, 2.75) is 13.0 Å². The molecular formula is C17H12Cl2FN5O. The maximum absolute atomic E-state index is 13.2. The van der Waals surface area contributed by atoms with E-state index in [9.17, 15) is 9.18 Å². The molecule has 0 aliphatic heterocycles. The quantitative estimate of drug-likeness (QED) is 0.522. The lowest BCUT2D eigenvalue weighted by molar-refractivity contribution is 0.588. The molecule has 2 N–H and O–H groups in total. The van der Waals surface area contributed by atoms with Crippen LogP contribution >= 0.6 is 23.2 Å². The molecule has 0 aliphatic carbocycles. The lowest BCUT2D eigenvalue weighted by atomic mass is 10.1. The second-order valence-corrected chi connectivity index (χ2v) is 6.66. The van der Waals surface area contributed by atoms with E-state index in [1.54, 1.807) is 24.4 Å². The molecule has 0 radical (unpaired) electrons. The van der Waals surface area contributed by atoms with Gasteiger partial charge in [0.25, 0.3) is 0 Å². The molecule has 0 atom stereocenters. The van der Waals surface area contributed by atoms with Gasteiger partial charge in [-0.1, -0.05) is 29.3 Å². The predicted molar refractivity (Wildman–Crippen MR) is 97.3 cm³/mol. The maximum Gasteiger partial charge on any atom is 0.326 e. The number of pyridine rings is 1. The first-order valence-electron chi connectivity index (χ1n) is 7.71. The van der Waals surface area contributed by atoms with Crippen LogP contribution in [-0.4, -0.2) is 24.5 Å². The smallest absolute Gasteiger partial charge is 0.326 e. The Hall–Kier alpha value is -2.64. The van der Waals surface area contributed by atoms with Crippen LogP contribution in [0.15, 0.2) is 41.3 Å². The average molecular weight is 392 g/mol. The molecule has 4 rings (SSSR count). The number of aromatic nitrogens is 5. The van der Waals surface area contributed by atoms with Gasteiger partial charge < -0.3 is 9.97 Å². The largest absolute Gasteiger partial charge is 0.339 e. The van der Waals surface area contributed by atoms with Gasteiger partial charge in [0.15, 0.2) is 5.65 Å². The minimum atomic E-state index is -0.600. The molecular weight excluding hydrogens is 380 g/mol. The van der Waals surface area contributed by atoms with Crippen molar-refractivity contribution >= 4 is 34.4 Å². The zero-order valence-corrected chi connectivity index (χ0v) is 14.8. The number of hydrogen-bond acceptors (Lipinski definition) is 3. The fraction of sp³-hybridized carbons (Fsp3) is 0.118. The van der Waals surface area contributed by atoms with Gasteiger partial charge in [0, 0.05) is 28.4 Å². The molecule has 26 heavy (non-hydrogen) atoms. The van der Waals surface area contributed by atoms with Gasteiger partial charge in [0.2, 0.25) is 5.95 Å². The Balaban J connectivity index is 1.58. The predicted octanol–water partition coefficient (Wildman–Crippen LogP) is 3.53. The molecule has 3 aromatic heterocycles. The second kappa shape index (κ2) is 6.59. The van der Waals surface area contributed by atoms with E-state index in [4.69, 9.17) is 23.2 Å². The zero-order chi connectivity index (χ0) is 18.3. The molecule has 0 bridgehead atoms. The zero-order valence-electron chi connectivity index (χ0n) is 13.3. The van der Waals surface area contributed by atoms with E-state index in [1.807, 2.05) is 6.07 Å².